The van der Waals surface area contributed by atoms with Crippen molar-refractivity contribution >= 4 is 22.7 Å². The van der Waals surface area contributed by atoms with Crippen molar-refractivity contribution in [3.63, 3.8) is 0 Å². The highest BCUT2D eigenvalue weighted by Gasteiger charge is 2.28. The summed E-state index contributed by atoms with van der Waals surface area (Å²) in [5, 5.41) is 7.32. The molecule has 0 spiro atoms. The van der Waals surface area contributed by atoms with Crippen LogP contribution in [0, 0.1) is 5.92 Å². The summed E-state index contributed by atoms with van der Waals surface area (Å²) < 4.78 is 2.01. The molecule has 0 radical (unpaired) electrons. The van der Waals surface area contributed by atoms with E-state index < -0.39 is 0 Å². The summed E-state index contributed by atoms with van der Waals surface area (Å²) in [4.78, 5) is 27.3. The van der Waals surface area contributed by atoms with Gasteiger partial charge in [-0.25, -0.2) is 0 Å². The van der Waals surface area contributed by atoms with Gasteiger partial charge in [0.2, 0.25) is 5.91 Å². The first-order valence-corrected chi connectivity index (χ1v) is 9.98. The zero-order chi connectivity index (χ0) is 18.8. The molecule has 1 aromatic heterocycles. The lowest BCUT2D eigenvalue weighted by Crippen LogP contribution is -2.46. The van der Waals surface area contributed by atoms with Gasteiger partial charge in [-0.05, 0) is 44.2 Å². The number of hydrogen-bond acceptors (Lipinski definition) is 3. The highest BCUT2D eigenvalue weighted by Crippen LogP contribution is 2.24. The number of hydrogen-bond donors (Lipinski definition) is 2. The molecule has 2 saturated heterocycles. The zero-order valence-corrected chi connectivity index (χ0v) is 15.9. The zero-order valence-electron chi connectivity index (χ0n) is 15.9. The number of aromatic nitrogens is 1. The number of piperidine rings is 1. The van der Waals surface area contributed by atoms with Gasteiger partial charge in [0, 0.05) is 43.8 Å². The minimum Gasteiger partial charge on any atom is -0.354 e. The van der Waals surface area contributed by atoms with Gasteiger partial charge in [-0.3, -0.25) is 9.59 Å². The molecule has 144 valence electrons. The molecule has 2 fully saturated rings. The number of nitrogens with zero attached hydrogens (tertiary/aromatic N) is 2. The Balaban J connectivity index is 1.40. The quantitative estimate of drug-likeness (QED) is 0.866. The topological polar surface area (TPSA) is 66.4 Å². The lowest BCUT2D eigenvalue weighted by Gasteiger charge is -2.33. The minimum atomic E-state index is -0.0398. The van der Waals surface area contributed by atoms with Gasteiger partial charge in [0.15, 0.2) is 0 Å². The number of likely N-dealkylation sites (tertiary alicyclic amines) is 1. The van der Waals surface area contributed by atoms with Crippen LogP contribution >= 0.6 is 0 Å². The van der Waals surface area contributed by atoms with E-state index in [-0.39, 0.29) is 17.9 Å². The second-order valence-corrected chi connectivity index (χ2v) is 7.82. The summed E-state index contributed by atoms with van der Waals surface area (Å²) in [5.74, 6) is 0.522. The molecule has 2 amide bonds. The standard InChI is InChI=1S/C21H28N4O2/c1-24-14-17(16-7-2-3-9-19(16)24)21(27)25-11-5-6-15(13-25)12-23-20(26)18-8-4-10-22-18/h2-3,7,9,14-15,18,22H,4-6,8,10-13H2,1H3,(H,23,26)/t15-,18-/m1/s1. The van der Waals surface area contributed by atoms with Crippen LogP contribution in [0.25, 0.3) is 10.9 Å². The summed E-state index contributed by atoms with van der Waals surface area (Å²) in [6.07, 6.45) is 5.96. The van der Waals surface area contributed by atoms with Gasteiger partial charge in [0.25, 0.3) is 5.91 Å². The molecular weight excluding hydrogens is 340 g/mol. The molecule has 27 heavy (non-hydrogen) atoms. The maximum absolute atomic E-state index is 13.1. The first-order chi connectivity index (χ1) is 13.1. The molecule has 2 aliphatic rings. The molecule has 0 unspecified atom stereocenters. The number of para-hydroxylation sites is 1. The third-order valence-corrected chi connectivity index (χ3v) is 5.88. The Morgan fingerprint density at radius 2 is 2.07 bits per heavy atom. The summed E-state index contributed by atoms with van der Waals surface area (Å²) in [6, 6.07) is 7.98. The lowest BCUT2D eigenvalue weighted by molar-refractivity contribution is -0.123. The Bertz CT molecular complexity index is 838. The fourth-order valence-electron chi connectivity index (χ4n) is 4.38. The maximum Gasteiger partial charge on any atom is 0.256 e. The fourth-order valence-corrected chi connectivity index (χ4v) is 4.38. The maximum atomic E-state index is 13.1. The molecule has 3 heterocycles. The number of carbonyl (C=O) groups is 2. The molecule has 2 aliphatic heterocycles. The van der Waals surface area contributed by atoms with Crippen LogP contribution in [0.4, 0.5) is 0 Å². The third kappa shape index (κ3) is 3.72. The van der Waals surface area contributed by atoms with E-state index in [2.05, 4.69) is 10.6 Å². The Labute approximate surface area is 159 Å². The highest BCUT2D eigenvalue weighted by molar-refractivity contribution is 6.07. The summed E-state index contributed by atoms with van der Waals surface area (Å²) in [7, 11) is 1.98. The molecule has 1 aromatic carbocycles. The monoisotopic (exact) mass is 368 g/mol. The van der Waals surface area contributed by atoms with E-state index in [0.29, 0.717) is 19.0 Å². The number of aryl methyl sites for hydroxylation is 1. The Hall–Kier alpha value is -2.34. The first kappa shape index (κ1) is 18.0. The summed E-state index contributed by atoms with van der Waals surface area (Å²) in [5.41, 5.74) is 1.85. The SMILES string of the molecule is Cn1cc(C(=O)N2CCC[C@H](CNC(=O)[C@H]3CCCN3)C2)c2ccccc21. The van der Waals surface area contributed by atoms with Crippen LogP contribution in [0.15, 0.2) is 30.5 Å². The van der Waals surface area contributed by atoms with Crippen LogP contribution in [0.1, 0.15) is 36.0 Å². The number of benzene rings is 1. The van der Waals surface area contributed by atoms with Crippen LogP contribution in [0.3, 0.4) is 0 Å². The predicted molar refractivity (Wildman–Crippen MR) is 106 cm³/mol. The molecule has 2 aromatic rings. The number of fused-ring (bicyclic) bond motifs is 1. The van der Waals surface area contributed by atoms with Crippen LogP contribution in [0.5, 0.6) is 0 Å². The largest absolute Gasteiger partial charge is 0.354 e. The lowest BCUT2D eigenvalue weighted by atomic mass is 9.97. The predicted octanol–water partition coefficient (Wildman–Crippen LogP) is 1.90. The van der Waals surface area contributed by atoms with E-state index in [1.165, 1.54) is 0 Å². The van der Waals surface area contributed by atoms with E-state index in [1.807, 2.05) is 47.0 Å². The molecule has 6 heteroatoms. The molecule has 4 rings (SSSR count). The van der Waals surface area contributed by atoms with Gasteiger partial charge in [-0.15, -0.1) is 0 Å². The second kappa shape index (κ2) is 7.72. The molecule has 0 bridgehead atoms. The van der Waals surface area contributed by atoms with Crippen molar-refractivity contribution < 1.29 is 9.59 Å². The Kier molecular flexibility index (Phi) is 5.16. The van der Waals surface area contributed by atoms with Gasteiger partial charge in [0.1, 0.15) is 0 Å². The molecule has 2 atom stereocenters. The minimum absolute atomic E-state index is 0.0398. The number of carbonyl (C=O) groups excluding carboxylic acids is 2. The third-order valence-electron chi connectivity index (χ3n) is 5.88. The molecule has 0 saturated carbocycles. The average molecular weight is 368 g/mol. The molecule has 2 N–H and O–H groups in total. The summed E-state index contributed by atoms with van der Waals surface area (Å²) in [6.45, 7) is 3.07. The van der Waals surface area contributed by atoms with Crippen molar-refractivity contribution in [2.45, 2.75) is 31.7 Å². The van der Waals surface area contributed by atoms with Crippen molar-refractivity contribution in [3.05, 3.63) is 36.0 Å². The average Bonchev–Trinajstić information content (AvgIpc) is 3.35. The van der Waals surface area contributed by atoms with Gasteiger partial charge in [-0.1, -0.05) is 18.2 Å². The van der Waals surface area contributed by atoms with Crippen molar-refractivity contribution in [2.75, 3.05) is 26.2 Å². The van der Waals surface area contributed by atoms with Crippen LogP contribution < -0.4 is 10.6 Å². The van der Waals surface area contributed by atoms with Crippen LogP contribution in [0.2, 0.25) is 0 Å². The highest BCUT2D eigenvalue weighted by atomic mass is 16.2. The van der Waals surface area contributed by atoms with Crippen molar-refractivity contribution in [1.29, 1.82) is 0 Å². The fraction of sp³-hybridized carbons (Fsp3) is 0.524. The van der Waals surface area contributed by atoms with Crippen molar-refractivity contribution in [1.82, 2.24) is 20.1 Å². The van der Waals surface area contributed by atoms with Crippen LogP contribution in [-0.4, -0.2) is 53.5 Å². The second-order valence-electron chi connectivity index (χ2n) is 7.82. The summed E-state index contributed by atoms with van der Waals surface area (Å²) >= 11 is 0. The molecule has 0 aliphatic carbocycles. The Morgan fingerprint density at radius 3 is 2.89 bits per heavy atom. The smallest absolute Gasteiger partial charge is 0.256 e. The number of rotatable bonds is 4. The van der Waals surface area contributed by atoms with Gasteiger partial charge in [-0.2, -0.15) is 0 Å². The Morgan fingerprint density at radius 1 is 1.22 bits per heavy atom. The van der Waals surface area contributed by atoms with Crippen LogP contribution in [-0.2, 0) is 11.8 Å². The molecular formula is C21H28N4O2. The molecule has 6 nitrogen and oxygen atoms in total. The van der Waals surface area contributed by atoms with E-state index in [0.717, 1.165) is 55.2 Å². The normalized spacial score (nSPS) is 22.9. The number of amides is 2. The van der Waals surface area contributed by atoms with E-state index in [9.17, 15) is 9.59 Å². The van der Waals surface area contributed by atoms with E-state index in [4.69, 9.17) is 0 Å². The van der Waals surface area contributed by atoms with Gasteiger partial charge >= 0.3 is 0 Å². The van der Waals surface area contributed by atoms with Gasteiger partial charge in [0.05, 0.1) is 11.6 Å². The van der Waals surface area contributed by atoms with E-state index in [1.54, 1.807) is 0 Å². The van der Waals surface area contributed by atoms with Crippen molar-refractivity contribution in [2.24, 2.45) is 13.0 Å². The van der Waals surface area contributed by atoms with Gasteiger partial charge < -0.3 is 20.1 Å². The number of nitrogens with one attached hydrogen (secondary N) is 2. The van der Waals surface area contributed by atoms with Crippen molar-refractivity contribution in [3.8, 4) is 0 Å². The van der Waals surface area contributed by atoms with E-state index >= 15 is 0 Å². The first-order valence-electron chi connectivity index (χ1n) is 9.98.